The van der Waals surface area contributed by atoms with Crippen LogP contribution in [0.4, 0.5) is 0 Å². The lowest BCUT2D eigenvalue weighted by Gasteiger charge is -2.39. The molecule has 0 aliphatic heterocycles. The van der Waals surface area contributed by atoms with Gasteiger partial charge in [-0.2, -0.15) is 0 Å². The summed E-state index contributed by atoms with van der Waals surface area (Å²) < 4.78 is 1.24. The van der Waals surface area contributed by atoms with E-state index in [1.165, 1.54) is 34.3 Å². The molecule has 0 amide bonds. The van der Waals surface area contributed by atoms with Crippen LogP contribution in [-0.4, -0.2) is 7.05 Å². The highest BCUT2D eigenvalue weighted by atomic mass is 79.9. The van der Waals surface area contributed by atoms with Gasteiger partial charge in [-0.1, -0.05) is 20.8 Å². The van der Waals surface area contributed by atoms with E-state index in [4.69, 9.17) is 0 Å². The zero-order valence-corrected chi connectivity index (χ0v) is 14.9. The highest BCUT2D eigenvalue weighted by molar-refractivity contribution is 9.11. The fourth-order valence-electron chi connectivity index (χ4n) is 3.42. The van der Waals surface area contributed by atoms with Gasteiger partial charge in [0.1, 0.15) is 0 Å². The average molecular weight is 344 g/mol. The Morgan fingerprint density at radius 3 is 2.26 bits per heavy atom. The SMILES string of the molecule is CNC(c1ccc(Br)s1)C1CCC(C(C)(C)C)CC1. The number of hydrogen-bond acceptors (Lipinski definition) is 2. The minimum absolute atomic E-state index is 0.478. The minimum atomic E-state index is 0.478. The Labute approximate surface area is 130 Å². The van der Waals surface area contributed by atoms with E-state index in [1.54, 1.807) is 0 Å². The number of rotatable bonds is 3. The third kappa shape index (κ3) is 3.83. The van der Waals surface area contributed by atoms with Crippen LogP contribution < -0.4 is 5.32 Å². The van der Waals surface area contributed by atoms with Crippen molar-refractivity contribution < 1.29 is 0 Å². The monoisotopic (exact) mass is 343 g/mol. The predicted molar refractivity (Wildman–Crippen MR) is 88.7 cm³/mol. The van der Waals surface area contributed by atoms with Gasteiger partial charge in [-0.05, 0) is 78.0 Å². The van der Waals surface area contributed by atoms with Crippen molar-refractivity contribution in [3.8, 4) is 0 Å². The van der Waals surface area contributed by atoms with Gasteiger partial charge in [-0.15, -0.1) is 11.3 Å². The Morgan fingerprint density at radius 1 is 1.21 bits per heavy atom. The third-order valence-electron chi connectivity index (χ3n) is 4.68. The van der Waals surface area contributed by atoms with Crippen molar-refractivity contribution in [2.45, 2.75) is 52.5 Å². The lowest BCUT2D eigenvalue weighted by molar-refractivity contribution is 0.135. The maximum atomic E-state index is 3.58. The first kappa shape index (κ1) is 15.5. The quantitative estimate of drug-likeness (QED) is 0.750. The molecule has 1 aliphatic rings. The van der Waals surface area contributed by atoms with E-state index in [-0.39, 0.29) is 0 Å². The molecule has 1 nitrogen and oxygen atoms in total. The largest absolute Gasteiger partial charge is 0.312 e. The zero-order chi connectivity index (χ0) is 14.0. The Morgan fingerprint density at radius 2 is 1.84 bits per heavy atom. The normalized spacial score (nSPS) is 26.4. The Balaban J connectivity index is 1.99. The summed E-state index contributed by atoms with van der Waals surface area (Å²) in [5, 5.41) is 3.54. The third-order valence-corrected chi connectivity index (χ3v) is 6.39. The second-order valence-corrected chi connectivity index (χ2v) is 9.38. The Hall–Kier alpha value is 0.140. The van der Waals surface area contributed by atoms with Gasteiger partial charge < -0.3 is 5.32 Å². The van der Waals surface area contributed by atoms with Gasteiger partial charge in [-0.25, -0.2) is 0 Å². The summed E-state index contributed by atoms with van der Waals surface area (Å²) in [5.41, 5.74) is 0.478. The minimum Gasteiger partial charge on any atom is -0.312 e. The van der Waals surface area contributed by atoms with Crippen LogP contribution in [0.3, 0.4) is 0 Å². The summed E-state index contributed by atoms with van der Waals surface area (Å²) in [4.78, 5) is 1.48. The molecule has 1 aliphatic carbocycles. The van der Waals surface area contributed by atoms with E-state index in [0.29, 0.717) is 11.5 Å². The highest BCUT2D eigenvalue weighted by Crippen LogP contribution is 2.44. The van der Waals surface area contributed by atoms with Crippen molar-refractivity contribution in [3.63, 3.8) is 0 Å². The van der Waals surface area contributed by atoms with E-state index in [9.17, 15) is 0 Å². The molecular formula is C16H26BrNS. The molecule has 1 aromatic rings. The Bertz CT molecular complexity index is 399. The fraction of sp³-hybridized carbons (Fsp3) is 0.750. The van der Waals surface area contributed by atoms with Crippen molar-refractivity contribution in [2.24, 2.45) is 17.3 Å². The van der Waals surface area contributed by atoms with Crippen LogP contribution in [0.25, 0.3) is 0 Å². The number of halogens is 1. The number of hydrogen-bond donors (Lipinski definition) is 1. The van der Waals surface area contributed by atoms with E-state index < -0.39 is 0 Å². The second kappa shape index (κ2) is 6.28. The van der Waals surface area contributed by atoms with E-state index in [0.717, 1.165) is 11.8 Å². The van der Waals surface area contributed by atoms with Crippen molar-refractivity contribution in [2.75, 3.05) is 7.05 Å². The summed E-state index contributed by atoms with van der Waals surface area (Å²) in [7, 11) is 2.11. The van der Waals surface area contributed by atoms with E-state index >= 15 is 0 Å². The smallest absolute Gasteiger partial charge is 0.0701 e. The molecule has 1 N–H and O–H groups in total. The molecule has 0 bridgehead atoms. The van der Waals surface area contributed by atoms with E-state index in [2.05, 4.69) is 61.2 Å². The van der Waals surface area contributed by atoms with Crippen LogP contribution in [0.2, 0.25) is 0 Å². The second-order valence-electron chi connectivity index (χ2n) is 6.89. The van der Waals surface area contributed by atoms with E-state index in [1.807, 2.05) is 11.3 Å². The number of nitrogens with one attached hydrogen (secondary N) is 1. The predicted octanol–water partition coefficient (Wildman–Crippen LogP) is 5.62. The molecule has 108 valence electrons. The van der Waals surface area contributed by atoms with Gasteiger partial charge in [0.15, 0.2) is 0 Å². The summed E-state index contributed by atoms with van der Waals surface area (Å²) in [6.07, 6.45) is 5.50. The van der Waals surface area contributed by atoms with Crippen LogP contribution in [0.15, 0.2) is 15.9 Å². The van der Waals surface area contributed by atoms with Crippen molar-refractivity contribution >= 4 is 27.3 Å². The molecule has 1 saturated carbocycles. The van der Waals surface area contributed by atoms with Gasteiger partial charge in [0.25, 0.3) is 0 Å². The van der Waals surface area contributed by atoms with Crippen molar-refractivity contribution in [1.29, 1.82) is 0 Å². The maximum absolute atomic E-state index is 3.58. The molecule has 1 heterocycles. The molecule has 0 spiro atoms. The molecule has 0 saturated heterocycles. The van der Waals surface area contributed by atoms with Crippen LogP contribution in [-0.2, 0) is 0 Å². The van der Waals surface area contributed by atoms with Gasteiger partial charge in [-0.3, -0.25) is 0 Å². The molecule has 1 unspecified atom stereocenters. The van der Waals surface area contributed by atoms with Crippen LogP contribution in [0.1, 0.15) is 57.4 Å². The van der Waals surface area contributed by atoms with Gasteiger partial charge in [0.05, 0.1) is 3.79 Å². The van der Waals surface area contributed by atoms with Gasteiger partial charge >= 0.3 is 0 Å². The first-order chi connectivity index (χ1) is 8.91. The first-order valence-electron chi connectivity index (χ1n) is 7.34. The molecule has 1 fully saturated rings. The summed E-state index contributed by atoms with van der Waals surface area (Å²) in [5.74, 6) is 1.70. The standard InChI is InChI=1S/C16H26BrNS/c1-16(2,3)12-7-5-11(6-8-12)15(18-4)13-9-10-14(17)19-13/h9-12,15,18H,5-8H2,1-4H3. The summed E-state index contributed by atoms with van der Waals surface area (Å²) in [6, 6.07) is 4.98. The average Bonchev–Trinajstić information content (AvgIpc) is 2.76. The Kier molecular flexibility index (Phi) is 5.13. The topological polar surface area (TPSA) is 12.0 Å². The van der Waals surface area contributed by atoms with Crippen LogP contribution in [0.5, 0.6) is 0 Å². The first-order valence-corrected chi connectivity index (χ1v) is 8.95. The molecule has 3 heteroatoms. The van der Waals surface area contributed by atoms with Gasteiger partial charge in [0, 0.05) is 10.9 Å². The lowest BCUT2D eigenvalue weighted by Crippen LogP contribution is -2.31. The molecule has 1 aromatic heterocycles. The van der Waals surface area contributed by atoms with Crippen LogP contribution >= 0.6 is 27.3 Å². The highest BCUT2D eigenvalue weighted by Gasteiger charge is 2.33. The number of thiophene rings is 1. The zero-order valence-electron chi connectivity index (χ0n) is 12.5. The summed E-state index contributed by atoms with van der Waals surface area (Å²) in [6.45, 7) is 7.18. The fourth-order valence-corrected chi connectivity index (χ4v) is 5.05. The molecule has 1 atom stereocenters. The molecule has 0 aromatic carbocycles. The maximum Gasteiger partial charge on any atom is 0.0701 e. The van der Waals surface area contributed by atoms with Crippen molar-refractivity contribution in [3.05, 3.63) is 20.8 Å². The molecular weight excluding hydrogens is 318 g/mol. The van der Waals surface area contributed by atoms with Crippen LogP contribution in [0, 0.1) is 17.3 Å². The molecule has 19 heavy (non-hydrogen) atoms. The lowest BCUT2D eigenvalue weighted by atomic mass is 9.68. The van der Waals surface area contributed by atoms with Crippen molar-refractivity contribution in [1.82, 2.24) is 5.32 Å². The summed E-state index contributed by atoms with van der Waals surface area (Å²) >= 11 is 5.45. The molecule has 0 radical (unpaired) electrons. The molecule has 2 rings (SSSR count). The van der Waals surface area contributed by atoms with Gasteiger partial charge in [0.2, 0.25) is 0 Å².